The second-order valence-electron chi connectivity index (χ2n) is 6.47. The van der Waals surface area contributed by atoms with Crippen LogP contribution in [0, 0.1) is 5.92 Å². The van der Waals surface area contributed by atoms with Crippen LogP contribution >= 0.6 is 0 Å². The van der Waals surface area contributed by atoms with Crippen LogP contribution in [0.4, 0.5) is 0 Å². The van der Waals surface area contributed by atoms with Crippen molar-refractivity contribution in [1.29, 1.82) is 0 Å². The number of rotatable bonds is 6. The van der Waals surface area contributed by atoms with Gasteiger partial charge in [-0.1, -0.05) is 30.3 Å². The Balaban J connectivity index is 1.27. The molecule has 0 saturated carbocycles. The largest absolute Gasteiger partial charge is 0.477 e. The molecule has 7 nitrogen and oxygen atoms in total. The maximum atomic E-state index is 5.94. The molecule has 1 aliphatic rings. The van der Waals surface area contributed by atoms with Gasteiger partial charge in [0, 0.05) is 11.6 Å². The number of ether oxygens (including phenoxy) is 1. The molecular weight excluding hydrogens is 330 g/mol. The number of likely N-dealkylation sites (tertiary alicyclic amines) is 1. The van der Waals surface area contributed by atoms with E-state index in [9.17, 15) is 0 Å². The first kappa shape index (κ1) is 16.7. The number of nitrogens with zero attached hydrogens (tertiary/aromatic N) is 5. The highest BCUT2D eigenvalue weighted by Gasteiger charge is 2.21. The van der Waals surface area contributed by atoms with Crippen molar-refractivity contribution in [2.24, 2.45) is 5.92 Å². The highest BCUT2D eigenvalue weighted by atomic mass is 16.5. The van der Waals surface area contributed by atoms with E-state index in [1.54, 1.807) is 6.33 Å². The van der Waals surface area contributed by atoms with E-state index in [4.69, 9.17) is 9.15 Å². The van der Waals surface area contributed by atoms with Crippen molar-refractivity contribution >= 4 is 0 Å². The molecule has 1 aromatic carbocycles. The van der Waals surface area contributed by atoms with Crippen LogP contribution in [0.15, 0.2) is 53.5 Å². The van der Waals surface area contributed by atoms with Gasteiger partial charge < -0.3 is 9.15 Å². The van der Waals surface area contributed by atoms with Crippen LogP contribution in [-0.4, -0.2) is 44.8 Å². The molecule has 0 bridgehead atoms. The van der Waals surface area contributed by atoms with Crippen LogP contribution < -0.4 is 4.74 Å². The number of piperidine rings is 1. The van der Waals surface area contributed by atoms with Gasteiger partial charge in [-0.25, -0.2) is 9.97 Å². The van der Waals surface area contributed by atoms with E-state index in [1.807, 2.05) is 36.4 Å². The first-order chi connectivity index (χ1) is 12.9. The maximum absolute atomic E-state index is 5.94. The quantitative estimate of drug-likeness (QED) is 0.676. The van der Waals surface area contributed by atoms with Gasteiger partial charge in [0.05, 0.1) is 18.8 Å². The summed E-state index contributed by atoms with van der Waals surface area (Å²) < 4.78 is 11.2. The molecule has 0 N–H and O–H groups in total. The van der Waals surface area contributed by atoms with Crippen molar-refractivity contribution in [2.75, 3.05) is 19.7 Å². The zero-order valence-electron chi connectivity index (χ0n) is 14.5. The Hall–Kier alpha value is -2.80. The van der Waals surface area contributed by atoms with Crippen molar-refractivity contribution in [3.8, 4) is 17.1 Å². The maximum Gasteiger partial charge on any atom is 0.230 e. The lowest BCUT2D eigenvalue weighted by Gasteiger charge is -2.30. The number of hydrogen-bond acceptors (Lipinski definition) is 7. The number of hydrogen-bond donors (Lipinski definition) is 0. The van der Waals surface area contributed by atoms with E-state index in [1.165, 1.54) is 6.39 Å². The van der Waals surface area contributed by atoms with E-state index in [0.29, 0.717) is 24.3 Å². The summed E-state index contributed by atoms with van der Waals surface area (Å²) in [6.45, 7) is 3.42. The molecule has 4 rings (SSSR count). The molecule has 26 heavy (non-hydrogen) atoms. The molecule has 1 fully saturated rings. The Kier molecular flexibility index (Phi) is 5.16. The van der Waals surface area contributed by atoms with Crippen LogP contribution in [0.5, 0.6) is 5.88 Å². The summed E-state index contributed by atoms with van der Waals surface area (Å²) in [5, 5.41) is 7.66. The van der Waals surface area contributed by atoms with Gasteiger partial charge >= 0.3 is 0 Å². The minimum absolute atomic E-state index is 0.532. The zero-order valence-corrected chi connectivity index (χ0v) is 14.5. The van der Waals surface area contributed by atoms with Crippen molar-refractivity contribution < 1.29 is 9.15 Å². The fourth-order valence-corrected chi connectivity index (χ4v) is 3.16. The number of benzene rings is 1. The molecule has 134 valence electrons. The Labute approximate surface area is 152 Å². The van der Waals surface area contributed by atoms with E-state index in [2.05, 4.69) is 25.1 Å². The minimum atomic E-state index is 0.532. The summed E-state index contributed by atoms with van der Waals surface area (Å²) in [5.74, 6) is 1.84. The van der Waals surface area contributed by atoms with E-state index >= 15 is 0 Å². The lowest BCUT2D eigenvalue weighted by molar-refractivity contribution is 0.127. The van der Waals surface area contributed by atoms with Crippen LogP contribution in [-0.2, 0) is 6.54 Å². The topological polar surface area (TPSA) is 77.2 Å². The monoisotopic (exact) mass is 351 g/mol. The van der Waals surface area contributed by atoms with E-state index in [-0.39, 0.29) is 0 Å². The summed E-state index contributed by atoms with van der Waals surface area (Å²) >= 11 is 0. The molecule has 0 spiro atoms. The molecule has 0 radical (unpaired) electrons. The smallest absolute Gasteiger partial charge is 0.230 e. The third kappa shape index (κ3) is 4.23. The lowest BCUT2D eigenvalue weighted by Crippen LogP contribution is -2.35. The molecular formula is C19H21N5O2. The second kappa shape index (κ2) is 8.05. The Morgan fingerprint density at radius 3 is 2.73 bits per heavy atom. The van der Waals surface area contributed by atoms with Gasteiger partial charge in [0.1, 0.15) is 6.33 Å². The molecule has 0 unspecified atom stereocenters. The van der Waals surface area contributed by atoms with Crippen molar-refractivity contribution in [3.05, 3.63) is 55.0 Å². The molecule has 3 heterocycles. The minimum Gasteiger partial charge on any atom is -0.477 e. The Bertz CT molecular complexity index is 802. The summed E-state index contributed by atoms with van der Waals surface area (Å²) in [6.07, 6.45) is 5.11. The third-order valence-corrected chi connectivity index (χ3v) is 4.65. The second-order valence-corrected chi connectivity index (χ2v) is 6.47. The fraction of sp³-hybridized carbons (Fsp3) is 0.368. The Morgan fingerprint density at radius 1 is 1.12 bits per heavy atom. The molecule has 0 aliphatic carbocycles. The predicted molar refractivity (Wildman–Crippen MR) is 95.3 cm³/mol. The first-order valence-corrected chi connectivity index (χ1v) is 8.84. The molecule has 1 aliphatic heterocycles. The SMILES string of the molecule is c1ccc(-c2cc(OCC3CCN(Cc4nnco4)CC3)ncn2)cc1. The van der Waals surface area contributed by atoms with Crippen molar-refractivity contribution in [3.63, 3.8) is 0 Å². The van der Waals surface area contributed by atoms with Crippen LogP contribution in [0.1, 0.15) is 18.7 Å². The molecule has 0 amide bonds. The zero-order chi connectivity index (χ0) is 17.6. The summed E-state index contributed by atoms with van der Waals surface area (Å²) in [4.78, 5) is 10.9. The first-order valence-electron chi connectivity index (χ1n) is 8.84. The summed E-state index contributed by atoms with van der Waals surface area (Å²) in [5.41, 5.74) is 1.94. The number of aromatic nitrogens is 4. The predicted octanol–water partition coefficient (Wildman–Crippen LogP) is 2.82. The van der Waals surface area contributed by atoms with E-state index in [0.717, 1.165) is 43.7 Å². The van der Waals surface area contributed by atoms with Crippen molar-refractivity contribution in [1.82, 2.24) is 25.1 Å². The van der Waals surface area contributed by atoms with Crippen LogP contribution in [0.2, 0.25) is 0 Å². The molecule has 3 aromatic rings. The van der Waals surface area contributed by atoms with Crippen molar-refractivity contribution in [2.45, 2.75) is 19.4 Å². The van der Waals surface area contributed by atoms with E-state index < -0.39 is 0 Å². The van der Waals surface area contributed by atoms with Gasteiger partial charge in [0.2, 0.25) is 18.2 Å². The Morgan fingerprint density at radius 2 is 1.96 bits per heavy atom. The van der Waals surface area contributed by atoms with Gasteiger partial charge in [-0.15, -0.1) is 10.2 Å². The average Bonchev–Trinajstić information content (AvgIpc) is 3.21. The highest BCUT2D eigenvalue weighted by Crippen LogP contribution is 2.22. The van der Waals surface area contributed by atoms with Gasteiger partial charge in [-0.05, 0) is 31.8 Å². The molecule has 2 aromatic heterocycles. The normalized spacial score (nSPS) is 15.8. The molecule has 1 saturated heterocycles. The molecule has 7 heteroatoms. The summed E-state index contributed by atoms with van der Waals surface area (Å²) in [6, 6.07) is 12.0. The van der Waals surface area contributed by atoms with Gasteiger partial charge in [-0.3, -0.25) is 4.90 Å². The standard InChI is InChI=1S/C19H21N5O2/c1-2-4-16(5-3-1)17-10-18(21-13-20-17)25-12-15-6-8-24(9-7-15)11-19-23-22-14-26-19/h1-5,10,13-15H,6-9,11-12H2. The average molecular weight is 351 g/mol. The lowest BCUT2D eigenvalue weighted by atomic mass is 9.98. The van der Waals surface area contributed by atoms with Gasteiger partial charge in [-0.2, -0.15) is 0 Å². The van der Waals surface area contributed by atoms with Gasteiger partial charge in [0.25, 0.3) is 0 Å². The summed E-state index contributed by atoms with van der Waals surface area (Å²) in [7, 11) is 0. The van der Waals surface area contributed by atoms with Gasteiger partial charge in [0.15, 0.2) is 0 Å². The molecule has 0 atom stereocenters. The third-order valence-electron chi connectivity index (χ3n) is 4.65. The van der Waals surface area contributed by atoms with Crippen LogP contribution in [0.25, 0.3) is 11.3 Å². The fourth-order valence-electron chi connectivity index (χ4n) is 3.16. The highest BCUT2D eigenvalue weighted by molar-refractivity contribution is 5.59. The van der Waals surface area contributed by atoms with Crippen LogP contribution in [0.3, 0.4) is 0 Å².